The molecule has 186 valence electrons. The van der Waals surface area contributed by atoms with Gasteiger partial charge in [-0.25, -0.2) is 9.59 Å². The molecule has 35 heavy (non-hydrogen) atoms. The predicted octanol–water partition coefficient (Wildman–Crippen LogP) is 2.42. The minimum absolute atomic E-state index is 0.0301. The number of aliphatic hydroxyl groups is 1. The number of benzene rings is 1. The van der Waals surface area contributed by atoms with Crippen molar-refractivity contribution in [2.45, 2.75) is 31.0 Å². The van der Waals surface area contributed by atoms with Gasteiger partial charge in [0.25, 0.3) is 5.91 Å². The molecular formula is C23H24ClN3O7S. The first kappa shape index (κ1) is 23.7. The summed E-state index contributed by atoms with van der Waals surface area (Å²) in [5.74, 6) is -0.132. The van der Waals surface area contributed by atoms with Crippen molar-refractivity contribution in [3.05, 3.63) is 39.5 Å². The van der Waals surface area contributed by atoms with Crippen molar-refractivity contribution in [1.29, 1.82) is 0 Å². The van der Waals surface area contributed by atoms with Crippen molar-refractivity contribution in [3.63, 3.8) is 0 Å². The van der Waals surface area contributed by atoms with E-state index < -0.39 is 18.2 Å². The van der Waals surface area contributed by atoms with Crippen molar-refractivity contribution in [1.82, 2.24) is 5.32 Å². The minimum Gasteiger partial charge on any atom is -0.489 e. The van der Waals surface area contributed by atoms with Crippen LogP contribution in [0.15, 0.2) is 30.3 Å². The highest BCUT2D eigenvalue weighted by Crippen LogP contribution is 2.42. The van der Waals surface area contributed by atoms with Crippen LogP contribution >= 0.6 is 22.9 Å². The fourth-order valence-electron chi connectivity index (χ4n) is 4.65. The maximum atomic E-state index is 12.7. The van der Waals surface area contributed by atoms with E-state index in [0.29, 0.717) is 33.6 Å². The van der Waals surface area contributed by atoms with E-state index in [9.17, 15) is 14.4 Å². The number of carbonyl (C=O) groups excluding carboxylic acids is 3. The first-order valence-electron chi connectivity index (χ1n) is 11.3. The van der Waals surface area contributed by atoms with E-state index in [0.717, 1.165) is 12.1 Å². The van der Waals surface area contributed by atoms with Gasteiger partial charge in [0.05, 0.1) is 28.1 Å². The first-order chi connectivity index (χ1) is 17.0. The largest absolute Gasteiger partial charge is 0.489 e. The maximum Gasteiger partial charge on any atom is 0.415 e. The van der Waals surface area contributed by atoms with Crippen molar-refractivity contribution in [3.8, 4) is 5.75 Å². The molecule has 4 heterocycles. The Balaban J connectivity index is 1.28. The number of rotatable bonds is 7. The van der Waals surface area contributed by atoms with E-state index in [4.69, 9.17) is 30.9 Å². The smallest absolute Gasteiger partial charge is 0.415 e. The standard InChI is InChI=1S/C23H24ClN3O7S/c24-20-6-5-19(35-20)21(29)25-11-18-16-12-33-17-10-13(3-4-14(17)27(16)23(31)34-18)26-7-1-2-15(26)22(30)32-9-8-28/h3-6,10,15-16,18,28H,1-2,7-9,11-12H2,(H,25,29)/t15-,16+,18+/m1/s1. The number of fused-ring (bicyclic) bond motifs is 3. The maximum absolute atomic E-state index is 12.7. The minimum atomic E-state index is -0.570. The summed E-state index contributed by atoms with van der Waals surface area (Å²) in [6, 6.07) is 7.91. The number of ether oxygens (including phenoxy) is 3. The summed E-state index contributed by atoms with van der Waals surface area (Å²) in [5, 5.41) is 11.7. The van der Waals surface area contributed by atoms with E-state index in [1.807, 2.05) is 17.0 Å². The lowest BCUT2D eigenvalue weighted by atomic mass is 10.1. The SMILES string of the molecule is O=C(NC[C@@H]1OC(=O)N2c3ccc(N4CCC[C@@H]4C(=O)OCCO)cc3OC[C@@H]12)c1ccc(Cl)s1. The van der Waals surface area contributed by atoms with Crippen LogP contribution in [-0.4, -0.2) is 74.2 Å². The number of esters is 1. The summed E-state index contributed by atoms with van der Waals surface area (Å²) in [4.78, 5) is 41.4. The van der Waals surface area contributed by atoms with Gasteiger partial charge in [0.2, 0.25) is 0 Å². The summed E-state index contributed by atoms with van der Waals surface area (Å²) in [6.07, 6.45) is 0.423. The number of cyclic esters (lactones) is 1. The molecular weight excluding hydrogens is 498 g/mol. The van der Waals surface area contributed by atoms with Crippen LogP contribution in [0, 0.1) is 0 Å². The van der Waals surface area contributed by atoms with Crippen LogP contribution in [0.5, 0.6) is 5.75 Å². The van der Waals surface area contributed by atoms with Crippen molar-refractivity contribution >= 4 is 52.3 Å². The summed E-state index contributed by atoms with van der Waals surface area (Å²) in [7, 11) is 0. The van der Waals surface area contributed by atoms with Crippen LogP contribution in [0.25, 0.3) is 0 Å². The number of hydrogen-bond acceptors (Lipinski definition) is 9. The van der Waals surface area contributed by atoms with Crippen LogP contribution in [0.3, 0.4) is 0 Å². The van der Waals surface area contributed by atoms with Gasteiger partial charge in [0.15, 0.2) is 0 Å². The molecule has 0 radical (unpaired) electrons. The zero-order chi connectivity index (χ0) is 24.5. The number of aliphatic hydroxyl groups excluding tert-OH is 1. The van der Waals surface area contributed by atoms with Gasteiger partial charge in [-0.2, -0.15) is 0 Å². The van der Waals surface area contributed by atoms with Gasteiger partial charge in [0, 0.05) is 18.3 Å². The topological polar surface area (TPSA) is 118 Å². The van der Waals surface area contributed by atoms with Crippen molar-refractivity contribution in [2.75, 3.05) is 42.7 Å². The number of nitrogens with zero attached hydrogens (tertiary/aromatic N) is 2. The fourth-order valence-corrected chi connectivity index (χ4v) is 5.61. The second-order valence-electron chi connectivity index (χ2n) is 8.38. The molecule has 2 fully saturated rings. The Morgan fingerprint density at radius 3 is 2.91 bits per heavy atom. The monoisotopic (exact) mass is 521 g/mol. The zero-order valence-electron chi connectivity index (χ0n) is 18.6. The summed E-state index contributed by atoms with van der Waals surface area (Å²) in [5.41, 5.74) is 1.36. The van der Waals surface area contributed by atoms with Crippen molar-refractivity contribution < 1.29 is 33.7 Å². The quantitative estimate of drug-likeness (QED) is 0.533. The highest BCUT2D eigenvalue weighted by molar-refractivity contribution is 7.18. The van der Waals surface area contributed by atoms with Gasteiger partial charge in [-0.3, -0.25) is 9.69 Å². The van der Waals surface area contributed by atoms with E-state index in [-0.39, 0.29) is 44.3 Å². The molecule has 1 aromatic carbocycles. The number of amides is 2. The van der Waals surface area contributed by atoms with Crippen molar-refractivity contribution in [2.24, 2.45) is 0 Å². The van der Waals surface area contributed by atoms with E-state index in [2.05, 4.69) is 5.32 Å². The normalized spacial score (nSPS) is 22.8. The lowest BCUT2D eigenvalue weighted by Gasteiger charge is -2.33. The lowest BCUT2D eigenvalue weighted by molar-refractivity contribution is -0.146. The molecule has 0 spiro atoms. The number of carbonyl (C=O) groups is 3. The molecule has 2 N–H and O–H groups in total. The van der Waals surface area contributed by atoms with Crippen LogP contribution in [-0.2, 0) is 14.3 Å². The molecule has 5 rings (SSSR count). The molecule has 3 aliphatic heterocycles. The van der Waals surface area contributed by atoms with Gasteiger partial charge in [-0.15, -0.1) is 11.3 Å². The molecule has 10 nitrogen and oxygen atoms in total. The van der Waals surface area contributed by atoms with E-state index >= 15 is 0 Å². The summed E-state index contributed by atoms with van der Waals surface area (Å²) >= 11 is 7.07. The summed E-state index contributed by atoms with van der Waals surface area (Å²) in [6.45, 7) is 0.783. The molecule has 0 unspecified atom stereocenters. The second-order valence-corrected chi connectivity index (χ2v) is 10.1. The highest BCUT2D eigenvalue weighted by Gasteiger charge is 2.47. The molecule has 3 aliphatic rings. The van der Waals surface area contributed by atoms with Gasteiger partial charge >= 0.3 is 12.1 Å². The fraction of sp³-hybridized carbons (Fsp3) is 0.435. The molecule has 0 aliphatic carbocycles. The average molecular weight is 522 g/mol. The van der Waals surface area contributed by atoms with Crippen LogP contribution < -0.4 is 19.9 Å². The molecule has 0 bridgehead atoms. The third kappa shape index (κ3) is 4.63. The van der Waals surface area contributed by atoms with Crippen LogP contribution in [0.4, 0.5) is 16.2 Å². The Labute approximate surface area is 210 Å². The third-order valence-electron chi connectivity index (χ3n) is 6.28. The number of anilines is 2. The number of nitrogens with one attached hydrogen (secondary N) is 1. The van der Waals surface area contributed by atoms with Crippen LogP contribution in [0.2, 0.25) is 4.34 Å². The Morgan fingerprint density at radius 1 is 1.29 bits per heavy atom. The molecule has 12 heteroatoms. The number of hydrogen-bond donors (Lipinski definition) is 2. The van der Waals surface area contributed by atoms with Gasteiger partial charge in [-0.1, -0.05) is 11.6 Å². The highest BCUT2D eigenvalue weighted by atomic mass is 35.5. The Morgan fingerprint density at radius 2 is 2.14 bits per heavy atom. The van der Waals surface area contributed by atoms with Gasteiger partial charge in [0.1, 0.15) is 37.2 Å². The van der Waals surface area contributed by atoms with Gasteiger partial charge < -0.3 is 29.5 Å². The molecule has 0 saturated carbocycles. The van der Waals surface area contributed by atoms with Gasteiger partial charge in [-0.05, 0) is 37.1 Å². The Kier molecular flexibility index (Phi) is 6.72. The molecule has 2 amide bonds. The zero-order valence-corrected chi connectivity index (χ0v) is 20.2. The predicted molar refractivity (Wildman–Crippen MR) is 129 cm³/mol. The molecule has 3 atom stereocenters. The second kappa shape index (κ2) is 9.92. The van der Waals surface area contributed by atoms with E-state index in [1.165, 1.54) is 11.3 Å². The number of halogens is 1. The summed E-state index contributed by atoms with van der Waals surface area (Å²) < 4.78 is 17.2. The number of thiophene rings is 1. The molecule has 1 aromatic heterocycles. The Bertz CT molecular complexity index is 1140. The average Bonchev–Trinajstić information content (AvgIpc) is 3.59. The van der Waals surface area contributed by atoms with E-state index in [1.54, 1.807) is 23.1 Å². The van der Waals surface area contributed by atoms with Crippen LogP contribution in [0.1, 0.15) is 22.5 Å². The Hall–Kier alpha value is -3.02. The lowest BCUT2D eigenvalue weighted by Crippen LogP contribution is -2.47. The molecule has 2 aromatic rings. The first-order valence-corrected chi connectivity index (χ1v) is 12.5. The molecule has 2 saturated heterocycles. The third-order valence-corrected chi connectivity index (χ3v) is 7.51.